The average Bonchev–Trinajstić information content (AvgIpc) is 2.68. The predicted octanol–water partition coefficient (Wildman–Crippen LogP) is 7.35. The van der Waals surface area contributed by atoms with Gasteiger partial charge in [0.25, 0.3) is 0 Å². The third-order valence-corrected chi connectivity index (χ3v) is 5.22. The van der Waals surface area contributed by atoms with Crippen molar-refractivity contribution in [3.05, 3.63) is 86.3 Å². The molecule has 28 heavy (non-hydrogen) atoms. The molecule has 0 atom stereocenters. The highest BCUT2D eigenvalue weighted by molar-refractivity contribution is 9.10. The molecule has 0 bridgehead atoms. The van der Waals surface area contributed by atoms with E-state index in [-0.39, 0.29) is 0 Å². The van der Waals surface area contributed by atoms with Crippen LogP contribution in [0.2, 0.25) is 10.0 Å². The maximum absolute atomic E-state index is 6.51. The summed E-state index contributed by atoms with van der Waals surface area (Å²) in [6.45, 7) is 3.38. The zero-order chi connectivity index (χ0) is 19.9. The monoisotopic (exact) mass is 479 g/mol. The van der Waals surface area contributed by atoms with Gasteiger partial charge in [-0.25, -0.2) is 0 Å². The largest absolute Gasteiger partial charge is 0.490 e. The van der Waals surface area contributed by atoms with Gasteiger partial charge in [0.15, 0.2) is 11.5 Å². The molecule has 0 amide bonds. The summed E-state index contributed by atoms with van der Waals surface area (Å²) >= 11 is 16.2. The minimum atomic E-state index is 0.315. The van der Waals surface area contributed by atoms with E-state index in [4.69, 9.17) is 32.7 Å². The van der Waals surface area contributed by atoms with Crippen LogP contribution in [-0.4, -0.2) is 6.61 Å². The Morgan fingerprint density at radius 1 is 0.929 bits per heavy atom. The Morgan fingerprint density at radius 3 is 2.39 bits per heavy atom. The highest BCUT2D eigenvalue weighted by Gasteiger charge is 2.14. The maximum Gasteiger partial charge on any atom is 0.180 e. The molecular weight excluding hydrogens is 461 g/mol. The van der Waals surface area contributed by atoms with Gasteiger partial charge in [0.05, 0.1) is 11.6 Å². The molecule has 0 heterocycles. The fourth-order valence-electron chi connectivity index (χ4n) is 2.66. The van der Waals surface area contributed by atoms with Crippen LogP contribution in [-0.2, 0) is 13.2 Å². The molecule has 3 rings (SSSR count). The summed E-state index contributed by atoms with van der Waals surface area (Å²) in [5.74, 6) is 1.14. The summed E-state index contributed by atoms with van der Waals surface area (Å²) in [6.07, 6.45) is 0. The average molecular weight is 481 g/mol. The number of hydrogen-bond donors (Lipinski definition) is 1. The number of halogens is 3. The summed E-state index contributed by atoms with van der Waals surface area (Å²) in [5, 5.41) is 4.54. The standard InChI is InChI=1S/C22H20BrCl2NO2/c1-2-27-21-12-15(13-26-18-9-7-17(23)8-10-18)11-20(25)22(21)28-14-16-5-3-4-6-19(16)24/h3-12,26H,2,13-14H2,1H3. The van der Waals surface area contributed by atoms with E-state index in [1.54, 1.807) is 0 Å². The fourth-order valence-corrected chi connectivity index (χ4v) is 3.41. The second-order valence-corrected chi connectivity index (χ2v) is 7.81. The molecule has 3 nitrogen and oxygen atoms in total. The molecule has 0 aliphatic heterocycles. The van der Waals surface area contributed by atoms with E-state index in [9.17, 15) is 0 Å². The van der Waals surface area contributed by atoms with Crippen molar-refractivity contribution in [2.24, 2.45) is 0 Å². The van der Waals surface area contributed by atoms with Gasteiger partial charge in [-0.05, 0) is 55.0 Å². The summed E-state index contributed by atoms with van der Waals surface area (Å²) in [4.78, 5) is 0. The first-order valence-electron chi connectivity index (χ1n) is 8.87. The van der Waals surface area contributed by atoms with Crippen LogP contribution in [0.4, 0.5) is 5.69 Å². The van der Waals surface area contributed by atoms with Crippen molar-refractivity contribution in [3.8, 4) is 11.5 Å². The van der Waals surface area contributed by atoms with E-state index in [1.165, 1.54) is 0 Å². The van der Waals surface area contributed by atoms with E-state index in [2.05, 4.69) is 21.2 Å². The van der Waals surface area contributed by atoms with Crippen molar-refractivity contribution in [1.82, 2.24) is 0 Å². The number of hydrogen-bond acceptors (Lipinski definition) is 3. The smallest absolute Gasteiger partial charge is 0.180 e. The van der Waals surface area contributed by atoms with E-state index in [0.29, 0.717) is 41.3 Å². The molecule has 0 aromatic heterocycles. The lowest BCUT2D eigenvalue weighted by atomic mass is 10.2. The first kappa shape index (κ1) is 20.8. The summed E-state index contributed by atoms with van der Waals surface area (Å²) in [7, 11) is 0. The zero-order valence-corrected chi connectivity index (χ0v) is 18.4. The maximum atomic E-state index is 6.51. The molecule has 0 spiro atoms. The van der Waals surface area contributed by atoms with E-state index < -0.39 is 0 Å². The number of ether oxygens (including phenoxy) is 2. The molecule has 3 aromatic carbocycles. The van der Waals surface area contributed by atoms with Gasteiger partial charge in [-0.1, -0.05) is 57.3 Å². The molecule has 6 heteroatoms. The highest BCUT2D eigenvalue weighted by Crippen LogP contribution is 2.37. The molecule has 0 saturated carbocycles. The van der Waals surface area contributed by atoms with Gasteiger partial charge in [-0.15, -0.1) is 0 Å². The quantitative estimate of drug-likeness (QED) is 0.365. The van der Waals surface area contributed by atoms with Crippen molar-refractivity contribution < 1.29 is 9.47 Å². The SMILES string of the molecule is CCOc1cc(CNc2ccc(Br)cc2)cc(Cl)c1OCc1ccccc1Cl. The van der Waals surface area contributed by atoms with Crippen molar-refractivity contribution in [1.29, 1.82) is 0 Å². The molecule has 0 saturated heterocycles. The van der Waals surface area contributed by atoms with E-state index in [0.717, 1.165) is 21.3 Å². The summed E-state index contributed by atoms with van der Waals surface area (Å²) in [5.41, 5.74) is 2.92. The third-order valence-electron chi connectivity index (χ3n) is 4.04. The molecule has 146 valence electrons. The third kappa shape index (κ3) is 5.57. The Hall–Kier alpha value is -1.88. The molecule has 0 aliphatic rings. The first-order valence-corrected chi connectivity index (χ1v) is 10.4. The topological polar surface area (TPSA) is 30.5 Å². The van der Waals surface area contributed by atoms with Crippen molar-refractivity contribution in [3.63, 3.8) is 0 Å². The van der Waals surface area contributed by atoms with Crippen LogP contribution in [0.25, 0.3) is 0 Å². The zero-order valence-electron chi connectivity index (χ0n) is 15.3. The number of anilines is 1. The van der Waals surface area contributed by atoms with Gasteiger partial charge in [-0.2, -0.15) is 0 Å². The second-order valence-electron chi connectivity index (χ2n) is 6.08. The number of rotatable bonds is 8. The van der Waals surface area contributed by atoms with Gasteiger partial charge in [0.2, 0.25) is 0 Å². The predicted molar refractivity (Wildman–Crippen MR) is 120 cm³/mol. The molecule has 0 unspecified atom stereocenters. The Kier molecular flexibility index (Phi) is 7.49. The molecule has 0 fully saturated rings. The Bertz CT molecular complexity index is 932. The van der Waals surface area contributed by atoms with Gasteiger partial charge in [0, 0.05) is 27.3 Å². The van der Waals surface area contributed by atoms with Gasteiger partial charge < -0.3 is 14.8 Å². The van der Waals surface area contributed by atoms with Gasteiger partial charge in [0.1, 0.15) is 6.61 Å². The lowest BCUT2D eigenvalue weighted by Gasteiger charge is -2.16. The fraction of sp³-hybridized carbons (Fsp3) is 0.182. The minimum absolute atomic E-state index is 0.315. The summed E-state index contributed by atoms with van der Waals surface area (Å²) in [6, 6.07) is 19.4. The van der Waals surface area contributed by atoms with Crippen LogP contribution >= 0.6 is 39.1 Å². The van der Waals surface area contributed by atoms with Gasteiger partial charge >= 0.3 is 0 Å². The number of nitrogens with one attached hydrogen (secondary N) is 1. The minimum Gasteiger partial charge on any atom is -0.490 e. The molecule has 0 radical (unpaired) electrons. The van der Waals surface area contributed by atoms with Crippen LogP contribution in [0.15, 0.2) is 65.1 Å². The second kappa shape index (κ2) is 10.1. The Labute approximate surface area is 183 Å². The van der Waals surface area contributed by atoms with Crippen LogP contribution < -0.4 is 14.8 Å². The van der Waals surface area contributed by atoms with Crippen LogP contribution in [0.3, 0.4) is 0 Å². The van der Waals surface area contributed by atoms with Crippen molar-refractivity contribution in [2.75, 3.05) is 11.9 Å². The molecule has 1 N–H and O–H groups in total. The van der Waals surface area contributed by atoms with E-state index in [1.807, 2.05) is 67.6 Å². The Balaban J connectivity index is 1.75. The van der Waals surface area contributed by atoms with Crippen molar-refractivity contribution in [2.45, 2.75) is 20.1 Å². The highest BCUT2D eigenvalue weighted by atomic mass is 79.9. The summed E-state index contributed by atoms with van der Waals surface area (Å²) < 4.78 is 12.8. The number of benzene rings is 3. The lowest BCUT2D eigenvalue weighted by molar-refractivity contribution is 0.269. The van der Waals surface area contributed by atoms with Crippen LogP contribution in [0, 0.1) is 0 Å². The van der Waals surface area contributed by atoms with Crippen LogP contribution in [0.5, 0.6) is 11.5 Å². The Morgan fingerprint density at radius 2 is 1.68 bits per heavy atom. The van der Waals surface area contributed by atoms with Crippen molar-refractivity contribution >= 4 is 44.8 Å². The lowest BCUT2D eigenvalue weighted by Crippen LogP contribution is -2.04. The first-order chi connectivity index (χ1) is 13.6. The molecular formula is C22H20BrCl2NO2. The van der Waals surface area contributed by atoms with E-state index >= 15 is 0 Å². The molecule has 0 aliphatic carbocycles. The van der Waals surface area contributed by atoms with Gasteiger partial charge in [-0.3, -0.25) is 0 Å². The van der Waals surface area contributed by atoms with Crippen LogP contribution in [0.1, 0.15) is 18.1 Å². The molecule has 3 aromatic rings. The normalized spacial score (nSPS) is 10.6.